The second kappa shape index (κ2) is 6.91. The third-order valence-electron chi connectivity index (χ3n) is 3.34. The van der Waals surface area contributed by atoms with Crippen molar-refractivity contribution in [2.75, 3.05) is 20.2 Å². The van der Waals surface area contributed by atoms with E-state index in [1.165, 1.54) is 0 Å². The fourth-order valence-electron chi connectivity index (χ4n) is 2.24. The molecule has 0 bridgehead atoms. The van der Waals surface area contributed by atoms with Crippen LogP contribution in [0.1, 0.15) is 18.4 Å². The Labute approximate surface area is 122 Å². The third-order valence-corrected chi connectivity index (χ3v) is 3.96. The van der Waals surface area contributed by atoms with Gasteiger partial charge in [0.2, 0.25) is 5.91 Å². The number of benzene rings is 1. The van der Waals surface area contributed by atoms with E-state index < -0.39 is 0 Å². The van der Waals surface area contributed by atoms with Crippen LogP contribution in [-0.4, -0.2) is 26.1 Å². The summed E-state index contributed by atoms with van der Waals surface area (Å²) in [5, 5.41) is 6.23. The molecule has 5 heteroatoms. The number of nitrogens with one attached hydrogen (secondary N) is 2. The minimum Gasteiger partial charge on any atom is -0.496 e. The molecule has 1 heterocycles. The zero-order chi connectivity index (χ0) is 13.7. The van der Waals surface area contributed by atoms with Crippen LogP contribution in [0.25, 0.3) is 0 Å². The SMILES string of the molecule is COc1ccc(CNC(=O)CC2CCNC2)cc1Br. The highest BCUT2D eigenvalue weighted by atomic mass is 79.9. The summed E-state index contributed by atoms with van der Waals surface area (Å²) in [4.78, 5) is 11.8. The molecule has 1 aromatic rings. The maximum atomic E-state index is 11.8. The molecule has 0 aliphatic carbocycles. The number of rotatable bonds is 5. The Morgan fingerprint density at radius 2 is 2.42 bits per heavy atom. The van der Waals surface area contributed by atoms with Crippen molar-refractivity contribution in [2.24, 2.45) is 5.92 Å². The molecule has 4 nitrogen and oxygen atoms in total. The normalized spacial score (nSPS) is 18.3. The van der Waals surface area contributed by atoms with Gasteiger partial charge in [-0.2, -0.15) is 0 Å². The van der Waals surface area contributed by atoms with Gasteiger partial charge in [0.25, 0.3) is 0 Å². The molecule has 0 radical (unpaired) electrons. The molecule has 1 fully saturated rings. The first kappa shape index (κ1) is 14.3. The van der Waals surface area contributed by atoms with E-state index in [0.717, 1.165) is 35.3 Å². The molecule has 1 aliphatic rings. The van der Waals surface area contributed by atoms with Crippen LogP contribution >= 0.6 is 15.9 Å². The van der Waals surface area contributed by atoms with Gasteiger partial charge in [0.05, 0.1) is 11.6 Å². The van der Waals surface area contributed by atoms with Crippen molar-refractivity contribution in [3.63, 3.8) is 0 Å². The quantitative estimate of drug-likeness (QED) is 0.871. The van der Waals surface area contributed by atoms with Gasteiger partial charge in [-0.15, -0.1) is 0 Å². The largest absolute Gasteiger partial charge is 0.496 e. The number of methoxy groups -OCH3 is 1. The molecule has 0 aromatic heterocycles. The molecule has 2 rings (SSSR count). The molecule has 1 unspecified atom stereocenters. The second-order valence-corrected chi connectivity index (χ2v) is 5.66. The van der Waals surface area contributed by atoms with E-state index in [2.05, 4.69) is 26.6 Å². The Balaban J connectivity index is 1.81. The van der Waals surface area contributed by atoms with Crippen molar-refractivity contribution in [3.05, 3.63) is 28.2 Å². The van der Waals surface area contributed by atoms with Crippen LogP contribution in [0.15, 0.2) is 22.7 Å². The van der Waals surface area contributed by atoms with Gasteiger partial charge < -0.3 is 15.4 Å². The summed E-state index contributed by atoms with van der Waals surface area (Å²) in [5.74, 6) is 1.41. The summed E-state index contributed by atoms with van der Waals surface area (Å²) >= 11 is 3.44. The second-order valence-electron chi connectivity index (χ2n) is 4.81. The fourth-order valence-corrected chi connectivity index (χ4v) is 2.83. The lowest BCUT2D eigenvalue weighted by Gasteiger charge is -2.10. The van der Waals surface area contributed by atoms with Crippen molar-refractivity contribution in [1.29, 1.82) is 0 Å². The fraction of sp³-hybridized carbons (Fsp3) is 0.500. The van der Waals surface area contributed by atoms with Gasteiger partial charge in [0.15, 0.2) is 0 Å². The van der Waals surface area contributed by atoms with Crippen LogP contribution in [-0.2, 0) is 11.3 Å². The predicted octanol–water partition coefficient (Wildman–Crippen LogP) is 2.07. The minimum absolute atomic E-state index is 0.126. The number of ether oxygens (including phenoxy) is 1. The Hall–Kier alpha value is -1.07. The molecule has 1 aromatic carbocycles. The highest BCUT2D eigenvalue weighted by molar-refractivity contribution is 9.10. The zero-order valence-corrected chi connectivity index (χ0v) is 12.6. The molecular weight excluding hydrogens is 308 g/mol. The van der Waals surface area contributed by atoms with E-state index in [4.69, 9.17) is 4.74 Å². The van der Waals surface area contributed by atoms with Crippen molar-refractivity contribution in [1.82, 2.24) is 10.6 Å². The number of halogens is 1. The summed E-state index contributed by atoms with van der Waals surface area (Å²) in [7, 11) is 1.64. The Kier molecular flexibility index (Phi) is 5.22. The van der Waals surface area contributed by atoms with Crippen LogP contribution in [0.3, 0.4) is 0 Å². The maximum Gasteiger partial charge on any atom is 0.220 e. The number of hydrogen-bond donors (Lipinski definition) is 2. The molecule has 1 amide bonds. The van der Waals surface area contributed by atoms with Crippen molar-refractivity contribution < 1.29 is 9.53 Å². The lowest BCUT2D eigenvalue weighted by molar-refractivity contribution is -0.122. The van der Waals surface area contributed by atoms with Crippen LogP contribution in [0.2, 0.25) is 0 Å². The van der Waals surface area contributed by atoms with E-state index in [0.29, 0.717) is 18.9 Å². The third kappa shape index (κ3) is 4.21. The summed E-state index contributed by atoms with van der Waals surface area (Å²) in [5.41, 5.74) is 1.06. The lowest BCUT2D eigenvalue weighted by Crippen LogP contribution is -2.25. The summed E-state index contributed by atoms with van der Waals surface area (Å²) in [6.45, 7) is 2.55. The molecule has 1 saturated heterocycles. The van der Waals surface area contributed by atoms with Gasteiger partial charge in [-0.1, -0.05) is 6.07 Å². The van der Waals surface area contributed by atoms with Crippen molar-refractivity contribution in [3.8, 4) is 5.75 Å². The van der Waals surface area contributed by atoms with Crippen LogP contribution in [0.4, 0.5) is 0 Å². The van der Waals surface area contributed by atoms with Gasteiger partial charge in [-0.3, -0.25) is 4.79 Å². The van der Waals surface area contributed by atoms with Gasteiger partial charge in [0.1, 0.15) is 5.75 Å². The highest BCUT2D eigenvalue weighted by Gasteiger charge is 2.17. The Bertz CT molecular complexity index is 445. The first-order valence-corrected chi connectivity index (χ1v) is 7.28. The molecule has 0 saturated carbocycles. The average molecular weight is 327 g/mol. The zero-order valence-electron chi connectivity index (χ0n) is 11.0. The lowest BCUT2D eigenvalue weighted by atomic mass is 10.0. The Morgan fingerprint density at radius 1 is 1.58 bits per heavy atom. The van der Waals surface area contributed by atoms with Crippen LogP contribution < -0.4 is 15.4 Å². The van der Waals surface area contributed by atoms with E-state index in [-0.39, 0.29) is 5.91 Å². The first-order valence-electron chi connectivity index (χ1n) is 6.49. The van der Waals surface area contributed by atoms with E-state index in [9.17, 15) is 4.79 Å². The average Bonchev–Trinajstić information content (AvgIpc) is 2.89. The number of carbonyl (C=O) groups is 1. The van der Waals surface area contributed by atoms with Crippen LogP contribution in [0.5, 0.6) is 5.75 Å². The standard InChI is InChI=1S/C14H19BrN2O2/c1-19-13-3-2-10(6-12(13)15)9-17-14(18)7-11-4-5-16-8-11/h2-3,6,11,16H,4-5,7-9H2,1H3,(H,17,18). The highest BCUT2D eigenvalue weighted by Crippen LogP contribution is 2.25. The van der Waals surface area contributed by atoms with Gasteiger partial charge in [0, 0.05) is 13.0 Å². The number of carbonyl (C=O) groups excluding carboxylic acids is 1. The van der Waals surface area contributed by atoms with Crippen molar-refractivity contribution in [2.45, 2.75) is 19.4 Å². The monoisotopic (exact) mass is 326 g/mol. The molecule has 0 spiro atoms. The minimum atomic E-state index is 0.126. The Morgan fingerprint density at radius 3 is 3.05 bits per heavy atom. The smallest absolute Gasteiger partial charge is 0.220 e. The van der Waals surface area contributed by atoms with Gasteiger partial charge in [-0.05, 0) is 59.1 Å². The van der Waals surface area contributed by atoms with Gasteiger partial charge in [-0.25, -0.2) is 0 Å². The van der Waals surface area contributed by atoms with E-state index in [1.807, 2.05) is 18.2 Å². The first-order chi connectivity index (χ1) is 9.19. The number of hydrogen-bond acceptors (Lipinski definition) is 3. The summed E-state index contributed by atoms with van der Waals surface area (Å²) in [6, 6.07) is 5.82. The number of amides is 1. The summed E-state index contributed by atoms with van der Waals surface area (Å²) in [6.07, 6.45) is 1.71. The van der Waals surface area contributed by atoms with Gasteiger partial charge >= 0.3 is 0 Å². The van der Waals surface area contributed by atoms with E-state index >= 15 is 0 Å². The molecule has 2 N–H and O–H groups in total. The van der Waals surface area contributed by atoms with Crippen molar-refractivity contribution >= 4 is 21.8 Å². The van der Waals surface area contributed by atoms with Crippen LogP contribution in [0, 0.1) is 5.92 Å². The molecule has 1 aliphatic heterocycles. The summed E-state index contributed by atoms with van der Waals surface area (Å²) < 4.78 is 6.08. The molecule has 104 valence electrons. The predicted molar refractivity (Wildman–Crippen MR) is 78.1 cm³/mol. The topological polar surface area (TPSA) is 50.4 Å². The maximum absolute atomic E-state index is 11.8. The molecular formula is C14H19BrN2O2. The molecule has 19 heavy (non-hydrogen) atoms. The van der Waals surface area contributed by atoms with E-state index in [1.54, 1.807) is 7.11 Å². The molecule has 1 atom stereocenters.